The molecule has 0 fully saturated rings. The molecule has 17 heavy (non-hydrogen) atoms. The van der Waals surface area contributed by atoms with Gasteiger partial charge < -0.3 is 5.32 Å². The molecule has 1 aromatic carbocycles. The average molecular weight is 257 g/mol. The van der Waals surface area contributed by atoms with Gasteiger partial charge in [0.1, 0.15) is 11.6 Å². The van der Waals surface area contributed by atoms with E-state index in [-0.39, 0.29) is 0 Å². The molecule has 2 nitrogen and oxygen atoms in total. The van der Waals surface area contributed by atoms with Gasteiger partial charge in [-0.15, -0.1) is 0 Å². The number of anilines is 1. The first-order valence-electron chi connectivity index (χ1n) is 4.17. The van der Waals surface area contributed by atoms with Crippen LogP contribution in [0.1, 0.15) is 0 Å². The SMILES string of the molecule is O=C(Nc1cc(F)ccc1F)C(F)(F)C(F)F. The second-order valence-electron chi connectivity index (χ2n) is 3.00. The van der Waals surface area contributed by atoms with E-state index in [1.807, 2.05) is 0 Å². The number of halogens is 6. The molecule has 0 unspecified atom stereocenters. The maximum absolute atomic E-state index is 12.9. The van der Waals surface area contributed by atoms with Crippen molar-refractivity contribution < 1.29 is 31.1 Å². The fraction of sp³-hybridized carbons (Fsp3) is 0.222. The summed E-state index contributed by atoms with van der Waals surface area (Å²) in [5.41, 5.74) is -0.935. The van der Waals surface area contributed by atoms with E-state index in [0.29, 0.717) is 18.2 Å². The molecule has 0 aliphatic rings. The molecule has 8 heteroatoms. The molecule has 0 aliphatic carbocycles. The lowest BCUT2D eigenvalue weighted by Crippen LogP contribution is -2.41. The lowest BCUT2D eigenvalue weighted by Gasteiger charge is -2.15. The Hall–Kier alpha value is -1.73. The molecule has 0 saturated heterocycles. The van der Waals surface area contributed by atoms with Gasteiger partial charge in [0.2, 0.25) is 0 Å². The van der Waals surface area contributed by atoms with Gasteiger partial charge in [0.15, 0.2) is 0 Å². The van der Waals surface area contributed by atoms with E-state index in [0.717, 1.165) is 0 Å². The van der Waals surface area contributed by atoms with Gasteiger partial charge in [-0.25, -0.2) is 17.6 Å². The number of benzene rings is 1. The lowest BCUT2D eigenvalue weighted by molar-refractivity contribution is -0.163. The van der Waals surface area contributed by atoms with E-state index in [9.17, 15) is 31.1 Å². The van der Waals surface area contributed by atoms with Crippen LogP contribution in [-0.2, 0) is 4.79 Å². The summed E-state index contributed by atoms with van der Waals surface area (Å²) < 4.78 is 74.0. The molecule has 0 spiro atoms. The zero-order chi connectivity index (χ0) is 13.2. The first-order chi connectivity index (χ1) is 7.75. The van der Waals surface area contributed by atoms with Crippen LogP contribution in [0.25, 0.3) is 0 Å². The molecular weight excluding hydrogens is 252 g/mol. The minimum absolute atomic E-state index is 0.398. The van der Waals surface area contributed by atoms with Gasteiger partial charge in [-0.05, 0) is 12.1 Å². The highest BCUT2D eigenvalue weighted by molar-refractivity contribution is 5.96. The summed E-state index contributed by atoms with van der Waals surface area (Å²) in [5, 5.41) is 1.19. The molecule has 0 atom stereocenters. The third-order valence-electron chi connectivity index (χ3n) is 1.75. The van der Waals surface area contributed by atoms with Crippen LogP contribution in [-0.4, -0.2) is 18.3 Å². The van der Waals surface area contributed by atoms with Gasteiger partial charge in [0.25, 0.3) is 0 Å². The van der Waals surface area contributed by atoms with Crippen LogP contribution in [0.15, 0.2) is 18.2 Å². The standard InChI is InChI=1S/C9H5F6NO/c10-4-1-2-5(11)6(3-4)16-8(17)9(14,15)7(12)13/h1-3,7H,(H,16,17). The summed E-state index contributed by atoms with van der Waals surface area (Å²) in [5.74, 6) is -9.61. The monoisotopic (exact) mass is 257 g/mol. The third-order valence-corrected chi connectivity index (χ3v) is 1.75. The van der Waals surface area contributed by atoms with Crippen molar-refractivity contribution >= 4 is 11.6 Å². The molecule has 0 saturated carbocycles. The third kappa shape index (κ3) is 2.89. The number of hydrogen-bond donors (Lipinski definition) is 1. The van der Waals surface area contributed by atoms with E-state index in [1.165, 1.54) is 5.32 Å². The molecule has 94 valence electrons. The van der Waals surface area contributed by atoms with E-state index >= 15 is 0 Å². The topological polar surface area (TPSA) is 29.1 Å². The number of nitrogens with one attached hydrogen (secondary N) is 1. The first-order valence-corrected chi connectivity index (χ1v) is 4.17. The van der Waals surface area contributed by atoms with Crippen molar-refractivity contribution in [2.45, 2.75) is 12.3 Å². The van der Waals surface area contributed by atoms with E-state index < -0.39 is 35.6 Å². The zero-order valence-electron chi connectivity index (χ0n) is 7.99. The molecule has 1 amide bonds. The van der Waals surface area contributed by atoms with Crippen molar-refractivity contribution in [1.29, 1.82) is 0 Å². The van der Waals surface area contributed by atoms with Gasteiger partial charge in [-0.1, -0.05) is 0 Å². The molecule has 1 aromatic rings. The summed E-state index contributed by atoms with van der Waals surface area (Å²) in [7, 11) is 0. The summed E-state index contributed by atoms with van der Waals surface area (Å²) >= 11 is 0. The van der Waals surface area contributed by atoms with Crippen molar-refractivity contribution in [3.8, 4) is 0 Å². The number of rotatable bonds is 3. The van der Waals surface area contributed by atoms with Crippen LogP contribution in [0.3, 0.4) is 0 Å². The van der Waals surface area contributed by atoms with Crippen molar-refractivity contribution in [2.75, 3.05) is 5.32 Å². The Balaban J connectivity index is 2.92. The minimum atomic E-state index is -4.97. The molecule has 1 N–H and O–H groups in total. The number of carbonyl (C=O) groups excluding carboxylic acids is 1. The predicted octanol–water partition coefficient (Wildman–Crippen LogP) is 2.80. The van der Waals surface area contributed by atoms with E-state index in [4.69, 9.17) is 0 Å². The smallest absolute Gasteiger partial charge is 0.318 e. The minimum Gasteiger partial charge on any atom is -0.318 e. The zero-order valence-corrected chi connectivity index (χ0v) is 7.99. The fourth-order valence-electron chi connectivity index (χ4n) is 0.898. The summed E-state index contributed by atoms with van der Waals surface area (Å²) in [6.07, 6.45) is -4.24. The van der Waals surface area contributed by atoms with Gasteiger partial charge >= 0.3 is 18.3 Å². The first kappa shape index (κ1) is 13.3. The van der Waals surface area contributed by atoms with Crippen molar-refractivity contribution in [3.05, 3.63) is 29.8 Å². The summed E-state index contributed by atoms with van der Waals surface area (Å²) in [6.45, 7) is 0. The molecular formula is C9H5F6NO. The highest BCUT2D eigenvalue weighted by atomic mass is 19.3. The van der Waals surface area contributed by atoms with Crippen LogP contribution in [0.4, 0.5) is 32.0 Å². The van der Waals surface area contributed by atoms with Crippen molar-refractivity contribution in [1.82, 2.24) is 0 Å². The van der Waals surface area contributed by atoms with Crippen LogP contribution >= 0.6 is 0 Å². The molecule has 0 bridgehead atoms. The highest BCUT2D eigenvalue weighted by Gasteiger charge is 2.49. The van der Waals surface area contributed by atoms with Crippen LogP contribution in [0, 0.1) is 11.6 Å². The quantitative estimate of drug-likeness (QED) is 0.829. The second kappa shape index (κ2) is 4.64. The molecule has 1 rings (SSSR count). The number of amides is 1. The van der Waals surface area contributed by atoms with Gasteiger partial charge in [-0.2, -0.15) is 8.78 Å². The van der Waals surface area contributed by atoms with Crippen molar-refractivity contribution in [3.63, 3.8) is 0 Å². The largest absolute Gasteiger partial charge is 0.383 e. The Morgan fingerprint density at radius 1 is 1.24 bits per heavy atom. The van der Waals surface area contributed by atoms with Gasteiger partial charge in [0.05, 0.1) is 5.69 Å². The maximum atomic E-state index is 12.9. The summed E-state index contributed by atoms with van der Waals surface area (Å²) in [6, 6.07) is 1.64. The van der Waals surface area contributed by atoms with Gasteiger partial charge in [0, 0.05) is 6.07 Å². The molecule has 0 heterocycles. The Bertz CT molecular complexity index is 433. The number of carbonyl (C=O) groups is 1. The van der Waals surface area contributed by atoms with Crippen molar-refractivity contribution in [2.24, 2.45) is 0 Å². The van der Waals surface area contributed by atoms with E-state index in [2.05, 4.69) is 0 Å². The highest BCUT2D eigenvalue weighted by Crippen LogP contribution is 2.25. The fourth-order valence-corrected chi connectivity index (χ4v) is 0.898. The van der Waals surface area contributed by atoms with Gasteiger partial charge in [-0.3, -0.25) is 4.79 Å². The second-order valence-corrected chi connectivity index (χ2v) is 3.00. The summed E-state index contributed by atoms with van der Waals surface area (Å²) in [4.78, 5) is 10.7. The van der Waals surface area contributed by atoms with E-state index in [1.54, 1.807) is 0 Å². The molecule has 0 aliphatic heterocycles. The predicted molar refractivity (Wildman–Crippen MR) is 45.9 cm³/mol. The molecule has 0 aromatic heterocycles. The lowest BCUT2D eigenvalue weighted by atomic mass is 10.2. The normalized spacial score (nSPS) is 11.7. The van der Waals surface area contributed by atoms with Crippen LogP contribution in [0.5, 0.6) is 0 Å². The molecule has 0 radical (unpaired) electrons. The number of alkyl halides is 4. The van der Waals surface area contributed by atoms with Crippen LogP contribution in [0.2, 0.25) is 0 Å². The van der Waals surface area contributed by atoms with Crippen LogP contribution < -0.4 is 5.32 Å². The Labute approximate surface area is 91.2 Å². The Morgan fingerprint density at radius 3 is 2.35 bits per heavy atom. The number of hydrogen-bond acceptors (Lipinski definition) is 1. The average Bonchev–Trinajstić information content (AvgIpc) is 2.23. The maximum Gasteiger partial charge on any atom is 0.383 e. The Morgan fingerprint density at radius 2 is 1.82 bits per heavy atom. The Kier molecular flexibility index (Phi) is 3.64.